The SMILES string of the molecule is CCOc1nn2/c(=N/CC(F)(F)F)n(CC(=O)c3cc(OCCCO)c(OC)c(C(C)(C)C)c3)nc2c(C)c1C.Cl. The number of aliphatic hydroxyl groups excluding tert-OH is 1. The van der Waals surface area contributed by atoms with Crippen molar-refractivity contribution in [1.29, 1.82) is 0 Å². The maximum absolute atomic E-state index is 13.6. The van der Waals surface area contributed by atoms with Crippen molar-refractivity contribution in [2.45, 2.75) is 66.1 Å². The number of carbonyl (C=O) groups is 1. The Hall–Kier alpha value is -3.32. The molecule has 1 aromatic carbocycles. The van der Waals surface area contributed by atoms with Crippen LogP contribution in [0.1, 0.15) is 61.2 Å². The number of rotatable bonds is 11. The van der Waals surface area contributed by atoms with Gasteiger partial charge in [0, 0.05) is 35.3 Å². The van der Waals surface area contributed by atoms with Gasteiger partial charge in [0.15, 0.2) is 22.9 Å². The van der Waals surface area contributed by atoms with Gasteiger partial charge in [-0.25, -0.2) is 9.67 Å². The number of nitrogens with zero attached hydrogens (tertiary/aromatic N) is 5. The van der Waals surface area contributed by atoms with Gasteiger partial charge in [-0.2, -0.15) is 17.7 Å². The summed E-state index contributed by atoms with van der Waals surface area (Å²) in [7, 11) is 1.50. The highest BCUT2D eigenvalue weighted by molar-refractivity contribution is 5.97. The molecule has 0 atom stereocenters. The molecule has 0 amide bonds. The van der Waals surface area contributed by atoms with Gasteiger partial charge in [0.1, 0.15) is 13.1 Å². The molecule has 2 heterocycles. The molecule has 0 aliphatic heterocycles. The predicted molar refractivity (Wildman–Crippen MR) is 149 cm³/mol. The lowest BCUT2D eigenvalue weighted by atomic mass is 9.84. The Morgan fingerprint density at radius 1 is 1.10 bits per heavy atom. The summed E-state index contributed by atoms with van der Waals surface area (Å²) in [6.07, 6.45) is -4.20. The Morgan fingerprint density at radius 3 is 2.34 bits per heavy atom. The highest BCUT2D eigenvalue weighted by Crippen LogP contribution is 2.40. The third-order valence-electron chi connectivity index (χ3n) is 6.17. The molecule has 2 aromatic heterocycles. The fraction of sp³-hybridized carbons (Fsp3) is 0.556. The number of methoxy groups -OCH3 is 1. The van der Waals surface area contributed by atoms with E-state index in [0.29, 0.717) is 41.2 Å². The van der Waals surface area contributed by atoms with Crippen LogP contribution in [0.3, 0.4) is 0 Å². The molecule has 1 N–H and O–H groups in total. The molecule has 0 radical (unpaired) electrons. The van der Waals surface area contributed by atoms with Gasteiger partial charge < -0.3 is 19.3 Å². The van der Waals surface area contributed by atoms with Gasteiger partial charge in [0.2, 0.25) is 11.5 Å². The maximum atomic E-state index is 13.6. The number of aliphatic hydroxyl groups is 1. The Morgan fingerprint density at radius 2 is 1.78 bits per heavy atom. The van der Waals surface area contributed by atoms with E-state index in [2.05, 4.69) is 15.2 Å². The summed E-state index contributed by atoms with van der Waals surface area (Å²) in [5.74, 6) is 0.586. The monoisotopic (exact) mass is 603 g/mol. The van der Waals surface area contributed by atoms with Crippen LogP contribution in [0, 0.1) is 13.8 Å². The molecule has 0 fully saturated rings. The zero-order chi connectivity index (χ0) is 29.8. The number of aromatic nitrogens is 4. The number of hydrogen-bond acceptors (Lipinski definition) is 8. The van der Waals surface area contributed by atoms with Crippen LogP contribution in [0.15, 0.2) is 17.1 Å². The van der Waals surface area contributed by atoms with Crippen LogP contribution < -0.4 is 19.8 Å². The molecule has 10 nitrogen and oxygen atoms in total. The van der Waals surface area contributed by atoms with Crippen LogP contribution in [0.2, 0.25) is 0 Å². The Balaban J connectivity index is 0.00000588. The smallest absolute Gasteiger partial charge is 0.408 e. The van der Waals surface area contributed by atoms with E-state index in [0.717, 1.165) is 4.68 Å². The minimum Gasteiger partial charge on any atom is -0.493 e. The van der Waals surface area contributed by atoms with Gasteiger partial charge in [-0.3, -0.25) is 4.79 Å². The topological polar surface area (TPSA) is 112 Å². The molecule has 3 rings (SSSR count). The summed E-state index contributed by atoms with van der Waals surface area (Å²) in [6.45, 7) is 9.69. The zero-order valence-electron chi connectivity index (χ0n) is 24.3. The number of Topliss-reactive ketones (excluding diaryl/α,β-unsaturated/α-hetero) is 1. The zero-order valence-corrected chi connectivity index (χ0v) is 25.1. The van der Waals surface area contributed by atoms with Crippen LogP contribution in [-0.4, -0.2) is 69.9 Å². The molecule has 0 bridgehead atoms. The van der Waals surface area contributed by atoms with Gasteiger partial charge >= 0.3 is 6.18 Å². The van der Waals surface area contributed by atoms with E-state index in [1.54, 1.807) is 26.8 Å². The minimum atomic E-state index is -4.58. The Bertz CT molecular complexity index is 1440. The third kappa shape index (κ3) is 7.91. The van der Waals surface area contributed by atoms with Crippen molar-refractivity contribution in [1.82, 2.24) is 19.4 Å². The molecular weight excluding hydrogens is 567 g/mol. The van der Waals surface area contributed by atoms with Crippen molar-refractivity contribution in [3.8, 4) is 17.4 Å². The van der Waals surface area contributed by atoms with Gasteiger partial charge in [-0.15, -0.1) is 22.6 Å². The van der Waals surface area contributed by atoms with Crippen molar-refractivity contribution in [2.24, 2.45) is 4.99 Å². The second-order valence-corrected chi connectivity index (χ2v) is 10.3. The van der Waals surface area contributed by atoms with Crippen molar-refractivity contribution in [3.63, 3.8) is 0 Å². The van der Waals surface area contributed by atoms with Crippen LogP contribution >= 0.6 is 12.4 Å². The van der Waals surface area contributed by atoms with Crippen molar-refractivity contribution < 1.29 is 37.3 Å². The summed E-state index contributed by atoms with van der Waals surface area (Å²) < 4.78 is 58.8. The number of benzene rings is 1. The molecule has 14 heteroatoms. The largest absolute Gasteiger partial charge is 0.493 e. The summed E-state index contributed by atoms with van der Waals surface area (Å²) >= 11 is 0. The Kier molecular flexibility index (Phi) is 11.2. The lowest BCUT2D eigenvalue weighted by Crippen LogP contribution is -2.30. The van der Waals surface area contributed by atoms with E-state index < -0.39 is 30.5 Å². The second-order valence-electron chi connectivity index (χ2n) is 10.3. The van der Waals surface area contributed by atoms with Crippen molar-refractivity contribution >= 4 is 23.8 Å². The average Bonchev–Trinajstić information content (AvgIpc) is 3.21. The lowest BCUT2D eigenvalue weighted by Gasteiger charge is -2.25. The van der Waals surface area contributed by atoms with Crippen LogP contribution in [0.4, 0.5) is 13.2 Å². The number of ketones is 1. The number of aryl methyl sites for hydroxylation is 1. The molecule has 0 unspecified atom stereocenters. The highest BCUT2D eigenvalue weighted by atomic mass is 35.5. The standard InChI is InChI=1S/C27H36F3N5O5.ClH/c1-8-39-24-17(3)16(2)23-32-34(25(35(23)33-24)31-15-27(28,29)30)14-20(37)18-12-19(26(4,5)6)22(38-7)21(13-18)40-11-9-10-36;/h12-13,36H,8-11,14-15H2,1-7H3;1H/b31-25+;. The molecule has 41 heavy (non-hydrogen) atoms. The predicted octanol–water partition coefficient (Wildman–Crippen LogP) is 4.38. The second kappa shape index (κ2) is 13.6. The Labute approximate surface area is 242 Å². The van der Waals surface area contributed by atoms with Gasteiger partial charge in [0.05, 0.1) is 20.3 Å². The molecule has 0 aliphatic carbocycles. The fourth-order valence-corrected chi connectivity index (χ4v) is 4.03. The van der Waals surface area contributed by atoms with Gasteiger partial charge in [0.25, 0.3) is 0 Å². The summed E-state index contributed by atoms with van der Waals surface area (Å²) in [5.41, 5.74) is 1.85. The molecular formula is C27H37ClF3N5O5. The number of carbonyl (C=O) groups excluding carboxylic acids is 1. The first-order chi connectivity index (χ1) is 18.7. The highest BCUT2D eigenvalue weighted by Gasteiger charge is 2.28. The van der Waals surface area contributed by atoms with E-state index in [1.165, 1.54) is 17.7 Å². The number of hydrogen-bond donors (Lipinski definition) is 1. The van der Waals surface area contributed by atoms with Crippen LogP contribution in [-0.2, 0) is 12.0 Å². The third-order valence-corrected chi connectivity index (χ3v) is 6.17. The van der Waals surface area contributed by atoms with Gasteiger partial charge in [-0.1, -0.05) is 20.8 Å². The fourth-order valence-electron chi connectivity index (χ4n) is 4.03. The minimum absolute atomic E-state index is 0. The number of fused-ring (bicyclic) bond motifs is 1. The van der Waals surface area contributed by atoms with Crippen LogP contribution in [0.25, 0.3) is 5.65 Å². The summed E-state index contributed by atoms with van der Waals surface area (Å²) in [4.78, 5) is 17.3. The molecule has 0 spiro atoms. The van der Waals surface area contributed by atoms with Crippen molar-refractivity contribution in [3.05, 3.63) is 40.0 Å². The number of halogens is 4. The first kappa shape index (κ1) is 33.9. The average molecular weight is 604 g/mol. The molecule has 0 saturated carbocycles. The summed E-state index contributed by atoms with van der Waals surface area (Å²) in [5, 5.41) is 17.9. The molecule has 0 aliphatic rings. The summed E-state index contributed by atoms with van der Waals surface area (Å²) in [6, 6.07) is 3.21. The lowest BCUT2D eigenvalue weighted by molar-refractivity contribution is -0.118. The number of ether oxygens (including phenoxy) is 3. The van der Waals surface area contributed by atoms with E-state index in [-0.39, 0.29) is 48.3 Å². The number of alkyl halides is 3. The first-order valence-electron chi connectivity index (χ1n) is 12.9. The molecule has 228 valence electrons. The van der Waals surface area contributed by atoms with E-state index in [9.17, 15) is 18.0 Å². The quantitative estimate of drug-likeness (QED) is 0.256. The maximum Gasteiger partial charge on any atom is 0.408 e. The van der Waals surface area contributed by atoms with Gasteiger partial charge in [-0.05, 0) is 38.3 Å². The van der Waals surface area contributed by atoms with Crippen molar-refractivity contribution in [2.75, 3.05) is 33.5 Å². The van der Waals surface area contributed by atoms with Crippen LogP contribution in [0.5, 0.6) is 17.4 Å². The molecule has 3 aromatic rings. The van der Waals surface area contributed by atoms with E-state index >= 15 is 0 Å². The van der Waals surface area contributed by atoms with E-state index in [1.807, 2.05) is 20.8 Å². The first-order valence-corrected chi connectivity index (χ1v) is 12.9. The van der Waals surface area contributed by atoms with E-state index in [4.69, 9.17) is 19.3 Å². The normalized spacial score (nSPS) is 12.4. The molecule has 0 saturated heterocycles.